The van der Waals surface area contributed by atoms with E-state index in [0.717, 1.165) is 11.1 Å². The maximum Gasteiger partial charge on any atom is 0.407 e. The fourth-order valence-corrected chi connectivity index (χ4v) is 1.35. The highest BCUT2D eigenvalue weighted by atomic mass is 16.5. The van der Waals surface area contributed by atoms with Crippen LogP contribution >= 0.6 is 0 Å². The van der Waals surface area contributed by atoms with Gasteiger partial charge in [0.05, 0.1) is 13.2 Å². The molecule has 0 heterocycles. The quantitative estimate of drug-likeness (QED) is 0.831. The molecule has 88 valence electrons. The molecule has 0 saturated heterocycles. The number of ether oxygens (including phenoxy) is 2. The largest absolute Gasteiger partial charge is 0.450 e. The van der Waals surface area contributed by atoms with Gasteiger partial charge in [-0.1, -0.05) is 24.3 Å². The molecule has 0 fully saturated rings. The van der Waals surface area contributed by atoms with Crippen molar-refractivity contribution in [3.8, 4) is 0 Å². The number of methoxy groups -OCH3 is 1. The predicted octanol–water partition coefficient (Wildman–Crippen LogP) is 2.08. The van der Waals surface area contributed by atoms with Crippen molar-refractivity contribution in [1.29, 1.82) is 0 Å². The first-order valence-corrected chi connectivity index (χ1v) is 5.23. The van der Waals surface area contributed by atoms with Gasteiger partial charge in [0.2, 0.25) is 0 Å². The van der Waals surface area contributed by atoms with Gasteiger partial charge in [0, 0.05) is 13.7 Å². The first kappa shape index (κ1) is 12.5. The molecule has 1 rings (SSSR count). The van der Waals surface area contributed by atoms with Crippen molar-refractivity contribution < 1.29 is 14.3 Å². The van der Waals surface area contributed by atoms with Gasteiger partial charge in [-0.3, -0.25) is 0 Å². The summed E-state index contributed by atoms with van der Waals surface area (Å²) in [6, 6.07) is 7.87. The predicted molar refractivity (Wildman–Crippen MR) is 61.0 cm³/mol. The third kappa shape index (κ3) is 4.31. The zero-order valence-electron chi connectivity index (χ0n) is 9.66. The van der Waals surface area contributed by atoms with E-state index in [4.69, 9.17) is 9.47 Å². The molecule has 4 nitrogen and oxygen atoms in total. The molecule has 16 heavy (non-hydrogen) atoms. The van der Waals surface area contributed by atoms with Crippen LogP contribution in [0.15, 0.2) is 24.3 Å². The summed E-state index contributed by atoms with van der Waals surface area (Å²) in [5.41, 5.74) is 2.12. The van der Waals surface area contributed by atoms with Gasteiger partial charge >= 0.3 is 6.09 Å². The third-order valence-corrected chi connectivity index (χ3v) is 2.01. The van der Waals surface area contributed by atoms with E-state index in [9.17, 15) is 4.79 Å². The Hall–Kier alpha value is -1.55. The maximum absolute atomic E-state index is 11.1. The zero-order chi connectivity index (χ0) is 11.8. The van der Waals surface area contributed by atoms with Crippen LogP contribution in [-0.4, -0.2) is 19.8 Å². The zero-order valence-corrected chi connectivity index (χ0v) is 9.66. The van der Waals surface area contributed by atoms with Gasteiger partial charge in [-0.25, -0.2) is 4.79 Å². The number of amides is 1. The summed E-state index contributed by atoms with van der Waals surface area (Å²) in [6.07, 6.45) is -0.389. The Morgan fingerprint density at radius 2 is 2.12 bits per heavy atom. The number of carbonyl (C=O) groups is 1. The summed E-state index contributed by atoms with van der Waals surface area (Å²) in [6.45, 7) is 3.21. The molecule has 0 bridgehead atoms. The molecule has 0 radical (unpaired) electrons. The number of nitrogens with one attached hydrogen (secondary N) is 1. The minimum atomic E-state index is -0.389. The van der Waals surface area contributed by atoms with Crippen LogP contribution < -0.4 is 5.32 Å². The van der Waals surface area contributed by atoms with Crippen molar-refractivity contribution in [2.24, 2.45) is 0 Å². The summed E-state index contributed by atoms with van der Waals surface area (Å²) in [7, 11) is 1.66. The van der Waals surface area contributed by atoms with E-state index in [-0.39, 0.29) is 6.09 Å². The topological polar surface area (TPSA) is 47.6 Å². The lowest BCUT2D eigenvalue weighted by Gasteiger charge is -2.06. The van der Waals surface area contributed by atoms with Gasteiger partial charge in [0.15, 0.2) is 0 Å². The number of carbonyl (C=O) groups excluding carboxylic acids is 1. The van der Waals surface area contributed by atoms with Gasteiger partial charge in [-0.05, 0) is 18.1 Å². The second kappa shape index (κ2) is 6.85. The number of rotatable bonds is 5. The summed E-state index contributed by atoms with van der Waals surface area (Å²) in [5, 5.41) is 2.67. The lowest BCUT2D eigenvalue weighted by molar-refractivity contribution is 0.151. The van der Waals surface area contributed by atoms with Crippen molar-refractivity contribution in [2.45, 2.75) is 20.1 Å². The van der Waals surface area contributed by atoms with E-state index < -0.39 is 0 Å². The SMILES string of the molecule is CCOC(=O)NCc1cccc(COC)c1. The summed E-state index contributed by atoms with van der Waals surface area (Å²) in [5.74, 6) is 0. The highest BCUT2D eigenvalue weighted by Crippen LogP contribution is 2.06. The van der Waals surface area contributed by atoms with Crippen LogP contribution in [0.5, 0.6) is 0 Å². The molecule has 1 aromatic rings. The summed E-state index contributed by atoms with van der Waals surface area (Å²) in [4.78, 5) is 11.1. The van der Waals surface area contributed by atoms with Gasteiger partial charge in [-0.15, -0.1) is 0 Å². The Morgan fingerprint density at radius 3 is 2.81 bits per heavy atom. The number of alkyl carbamates (subject to hydrolysis) is 1. The molecular weight excluding hydrogens is 206 g/mol. The van der Waals surface area contributed by atoms with E-state index >= 15 is 0 Å². The standard InChI is InChI=1S/C12H17NO3/c1-3-16-12(14)13-8-10-5-4-6-11(7-10)9-15-2/h4-7H,3,8-9H2,1-2H3,(H,13,14). The molecule has 4 heteroatoms. The minimum Gasteiger partial charge on any atom is -0.450 e. The average molecular weight is 223 g/mol. The van der Waals surface area contributed by atoms with Gasteiger partial charge in [-0.2, -0.15) is 0 Å². The fourth-order valence-electron chi connectivity index (χ4n) is 1.35. The van der Waals surface area contributed by atoms with Crippen LogP contribution in [0.3, 0.4) is 0 Å². The Morgan fingerprint density at radius 1 is 1.38 bits per heavy atom. The van der Waals surface area contributed by atoms with Crippen molar-refractivity contribution >= 4 is 6.09 Å². The molecule has 1 aromatic carbocycles. The Balaban J connectivity index is 2.47. The normalized spacial score (nSPS) is 9.88. The summed E-state index contributed by atoms with van der Waals surface area (Å²) < 4.78 is 9.80. The van der Waals surface area contributed by atoms with Crippen LogP contribution in [0.1, 0.15) is 18.1 Å². The average Bonchev–Trinajstić information content (AvgIpc) is 2.28. The first-order valence-electron chi connectivity index (χ1n) is 5.23. The molecular formula is C12H17NO3. The number of hydrogen-bond acceptors (Lipinski definition) is 3. The highest BCUT2D eigenvalue weighted by Gasteiger charge is 2.00. The van der Waals surface area contributed by atoms with E-state index in [1.807, 2.05) is 24.3 Å². The smallest absolute Gasteiger partial charge is 0.407 e. The summed E-state index contributed by atoms with van der Waals surface area (Å²) >= 11 is 0. The number of hydrogen-bond donors (Lipinski definition) is 1. The van der Waals surface area contributed by atoms with Gasteiger partial charge < -0.3 is 14.8 Å². The third-order valence-electron chi connectivity index (χ3n) is 2.01. The van der Waals surface area contributed by atoms with Crippen molar-refractivity contribution in [1.82, 2.24) is 5.32 Å². The van der Waals surface area contributed by atoms with Crippen molar-refractivity contribution in [3.63, 3.8) is 0 Å². The second-order valence-electron chi connectivity index (χ2n) is 3.33. The molecule has 0 aliphatic rings. The van der Waals surface area contributed by atoms with E-state index in [1.165, 1.54) is 0 Å². The molecule has 0 atom stereocenters. The highest BCUT2D eigenvalue weighted by molar-refractivity contribution is 5.67. The minimum absolute atomic E-state index is 0.384. The molecule has 0 saturated carbocycles. The van der Waals surface area contributed by atoms with E-state index in [1.54, 1.807) is 14.0 Å². The van der Waals surface area contributed by atoms with Crippen LogP contribution in [0.2, 0.25) is 0 Å². The lowest BCUT2D eigenvalue weighted by atomic mass is 10.1. The monoisotopic (exact) mass is 223 g/mol. The van der Waals surface area contributed by atoms with E-state index in [0.29, 0.717) is 19.8 Å². The van der Waals surface area contributed by atoms with Crippen LogP contribution in [0.4, 0.5) is 4.79 Å². The molecule has 0 aromatic heterocycles. The molecule has 0 unspecified atom stereocenters. The molecule has 0 spiro atoms. The molecule has 0 aliphatic heterocycles. The van der Waals surface area contributed by atoms with Crippen molar-refractivity contribution in [2.75, 3.05) is 13.7 Å². The maximum atomic E-state index is 11.1. The van der Waals surface area contributed by atoms with Crippen molar-refractivity contribution in [3.05, 3.63) is 35.4 Å². The Kier molecular flexibility index (Phi) is 5.36. The van der Waals surface area contributed by atoms with Gasteiger partial charge in [0.25, 0.3) is 0 Å². The molecule has 1 amide bonds. The van der Waals surface area contributed by atoms with Crippen LogP contribution in [0.25, 0.3) is 0 Å². The lowest BCUT2D eigenvalue weighted by Crippen LogP contribution is -2.23. The number of benzene rings is 1. The second-order valence-corrected chi connectivity index (χ2v) is 3.33. The van der Waals surface area contributed by atoms with E-state index in [2.05, 4.69) is 5.32 Å². The Labute approximate surface area is 95.6 Å². The fraction of sp³-hybridized carbons (Fsp3) is 0.417. The Bertz CT molecular complexity index is 339. The van der Waals surface area contributed by atoms with Crippen LogP contribution in [0, 0.1) is 0 Å². The molecule has 1 N–H and O–H groups in total. The molecule has 0 aliphatic carbocycles. The van der Waals surface area contributed by atoms with Crippen LogP contribution in [-0.2, 0) is 22.6 Å². The van der Waals surface area contributed by atoms with Gasteiger partial charge in [0.1, 0.15) is 0 Å². The first-order chi connectivity index (χ1) is 7.76.